The third kappa shape index (κ3) is 2.91. The summed E-state index contributed by atoms with van der Waals surface area (Å²) in [6, 6.07) is 2.83. The first kappa shape index (κ1) is 12.4. The second-order valence-electron chi connectivity index (χ2n) is 2.70. The summed E-state index contributed by atoms with van der Waals surface area (Å²) in [6.07, 6.45) is 0. The van der Waals surface area contributed by atoms with E-state index in [0.717, 1.165) is 0 Å². The Labute approximate surface area is 94.9 Å². The fraction of sp³-hybridized carbons (Fsp3) is 0.250. The van der Waals surface area contributed by atoms with Gasteiger partial charge in [0.15, 0.2) is 6.79 Å². The molecule has 0 aliphatic heterocycles. The minimum atomic E-state index is -1.94. The standard InChI is InChI=1S/C8H9BBrFO4/c1-14-4-15-6-3-2-5(10)8(11)7(6)9(12)13/h2-3,12-13H,4H2,1H3. The summed E-state index contributed by atoms with van der Waals surface area (Å²) in [5, 5.41) is 18.0. The molecule has 0 spiro atoms. The zero-order valence-electron chi connectivity index (χ0n) is 7.91. The lowest BCUT2D eigenvalue weighted by molar-refractivity contribution is 0.0515. The van der Waals surface area contributed by atoms with Crippen LogP contribution in [0.4, 0.5) is 4.39 Å². The molecule has 0 amide bonds. The Bertz CT molecular complexity index is 348. The molecule has 0 aliphatic rings. The van der Waals surface area contributed by atoms with Crippen molar-refractivity contribution in [2.45, 2.75) is 0 Å². The van der Waals surface area contributed by atoms with E-state index in [1.54, 1.807) is 0 Å². The summed E-state index contributed by atoms with van der Waals surface area (Å²) >= 11 is 2.93. The van der Waals surface area contributed by atoms with Gasteiger partial charge in [-0.3, -0.25) is 0 Å². The topological polar surface area (TPSA) is 58.9 Å². The molecular weight excluding hydrogens is 270 g/mol. The molecule has 1 rings (SSSR count). The van der Waals surface area contributed by atoms with Crippen LogP contribution in [0.15, 0.2) is 16.6 Å². The summed E-state index contributed by atoms with van der Waals surface area (Å²) in [6.45, 7) is -0.0964. The molecule has 0 saturated carbocycles. The Morgan fingerprint density at radius 3 is 2.67 bits per heavy atom. The summed E-state index contributed by atoms with van der Waals surface area (Å²) in [4.78, 5) is 0. The van der Waals surface area contributed by atoms with Gasteiger partial charge in [0.1, 0.15) is 11.6 Å². The van der Waals surface area contributed by atoms with E-state index in [-0.39, 0.29) is 22.5 Å². The van der Waals surface area contributed by atoms with Gasteiger partial charge in [-0.1, -0.05) is 0 Å². The van der Waals surface area contributed by atoms with E-state index in [0.29, 0.717) is 0 Å². The maximum absolute atomic E-state index is 13.5. The van der Waals surface area contributed by atoms with Crippen LogP contribution in [0.1, 0.15) is 0 Å². The van der Waals surface area contributed by atoms with Crippen molar-refractivity contribution < 1.29 is 23.9 Å². The molecule has 0 aliphatic carbocycles. The van der Waals surface area contributed by atoms with Gasteiger partial charge in [0.05, 0.1) is 9.94 Å². The number of ether oxygens (including phenoxy) is 2. The van der Waals surface area contributed by atoms with Gasteiger partial charge < -0.3 is 19.5 Å². The van der Waals surface area contributed by atoms with Crippen molar-refractivity contribution in [3.8, 4) is 5.75 Å². The molecule has 15 heavy (non-hydrogen) atoms. The van der Waals surface area contributed by atoms with Gasteiger partial charge in [-0.05, 0) is 28.1 Å². The largest absolute Gasteiger partial charge is 0.495 e. The number of halogens is 2. The molecule has 1 aromatic carbocycles. The van der Waals surface area contributed by atoms with Crippen molar-refractivity contribution in [3.05, 3.63) is 22.4 Å². The first-order chi connectivity index (χ1) is 7.07. The van der Waals surface area contributed by atoms with Gasteiger partial charge in [-0.15, -0.1) is 0 Å². The molecule has 0 atom stereocenters. The molecule has 0 saturated heterocycles. The quantitative estimate of drug-likeness (QED) is 0.612. The lowest BCUT2D eigenvalue weighted by Gasteiger charge is -2.11. The van der Waals surface area contributed by atoms with Crippen molar-refractivity contribution in [2.24, 2.45) is 0 Å². The minimum absolute atomic E-state index is 0.0348. The zero-order valence-corrected chi connectivity index (χ0v) is 9.49. The number of hydrogen-bond acceptors (Lipinski definition) is 4. The second kappa shape index (κ2) is 5.46. The van der Waals surface area contributed by atoms with Crippen molar-refractivity contribution in [3.63, 3.8) is 0 Å². The highest BCUT2D eigenvalue weighted by Crippen LogP contribution is 2.19. The predicted octanol–water partition coefficient (Wildman–Crippen LogP) is 0.251. The van der Waals surface area contributed by atoms with E-state index in [2.05, 4.69) is 20.7 Å². The van der Waals surface area contributed by atoms with E-state index in [1.807, 2.05) is 0 Å². The van der Waals surface area contributed by atoms with Crippen LogP contribution in [0.2, 0.25) is 0 Å². The van der Waals surface area contributed by atoms with Crippen LogP contribution in [-0.4, -0.2) is 31.1 Å². The average molecular weight is 279 g/mol. The Kier molecular flexibility index (Phi) is 4.53. The van der Waals surface area contributed by atoms with Gasteiger partial charge >= 0.3 is 7.12 Å². The third-order valence-corrected chi connectivity index (χ3v) is 2.30. The minimum Gasteiger partial charge on any atom is -0.468 e. The molecular formula is C8H9BBrFO4. The zero-order chi connectivity index (χ0) is 11.4. The summed E-state index contributed by atoms with van der Waals surface area (Å²) in [5.74, 6) is -0.730. The smallest absolute Gasteiger partial charge is 0.468 e. The number of methoxy groups -OCH3 is 1. The molecule has 4 nitrogen and oxygen atoms in total. The highest BCUT2D eigenvalue weighted by Gasteiger charge is 2.24. The lowest BCUT2D eigenvalue weighted by Crippen LogP contribution is -2.34. The van der Waals surface area contributed by atoms with E-state index in [4.69, 9.17) is 14.8 Å². The number of hydrogen-bond donors (Lipinski definition) is 2. The molecule has 0 radical (unpaired) electrons. The monoisotopic (exact) mass is 278 g/mol. The summed E-state index contributed by atoms with van der Waals surface area (Å²) in [5.41, 5.74) is -0.318. The molecule has 0 fully saturated rings. The van der Waals surface area contributed by atoms with Crippen LogP contribution >= 0.6 is 15.9 Å². The van der Waals surface area contributed by atoms with Gasteiger partial charge in [0.25, 0.3) is 0 Å². The highest BCUT2D eigenvalue weighted by molar-refractivity contribution is 9.10. The molecule has 1 aromatic rings. The number of benzene rings is 1. The highest BCUT2D eigenvalue weighted by atomic mass is 79.9. The average Bonchev–Trinajstić information content (AvgIpc) is 2.19. The van der Waals surface area contributed by atoms with Crippen LogP contribution in [0, 0.1) is 5.82 Å². The van der Waals surface area contributed by atoms with Crippen LogP contribution in [0.5, 0.6) is 5.75 Å². The van der Waals surface area contributed by atoms with Gasteiger partial charge in [-0.25, -0.2) is 4.39 Å². The van der Waals surface area contributed by atoms with E-state index in [1.165, 1.54) is 19.2 Å². The molecule has 82 valence electrons. The van der Waals surface area contributed by atoms with Gasteiger partial charge in [-0.2, -0.15) is 0 Å². The number of rotatable bonds is 4. The fourth-order valence-corrected chi connectivity index (χ4v) is 1.38. The Hall–Kier alpha value is -0.625. The van der Waals surface area contributed by atoms with E-state index in [9.17, 15) is 4.39 Å². The van der Waals surface area contributed by atoms with Crippen LogP contribution in [-0.2, 0) is 4.74 Å². The van der Waals surface area contributed by atoms with Crippen LogP contribution in [0.25, 0.3) is 0 Å². The fourth-order valence-electron chi connectivity index (χ4n) is 1.04. The SMILES string of the molecule is COCOc1ccc(Br)c(F)c1B(O)O. The van der Waals surface area contributed by atoms with Crippen molar-refractivity contribution in [1.82, 2.24) is 0 Å². The van der Waals surface area contributed by atoms with E-state index < -0.39 is 12.9 Å². The molecule has 0 aromatic heterocycles. The van der Waals surface area contributed by atoms with Crippen molar-refractivity contribution in [2.75, 3.05) is 13.9 Å². The first-order valence-corrected chi connectivity index (χ1v) is 4.83. The molecule has 0 bridgehead atoms. The Morgan fingerprint density at radius 1 is 1.47 bits per heavy atom. The molecule has 2 N–H and O–H groups in total. The third-order valence-electron chi connectivity index (χ3n) is 1.68. The van der Waals surface area contributed by atoms with E-state index >= 15 is 0 Å². The molecule has 0 heterocycles. The van der Waals surface area contributed by atoms with Crippen molar-refractivity contribution in [1.29, 1.82) is 0 Å². The summed E-state index contributed by atoms with van der Waals surface area (Å²) in [7, 11) is -0.529. The molecule has 7 heteroatoms. The first-order valence-electron chi connectivity index (χ1n) is 4.03. The Balaban J connectivity index is 3.09. The normalized spacial score (nSPS) is 10.2. The van der Waals surface area contributed by atoms with Crippen molar-refractivity contribution >= 4 is 28.5 Å². The summed E-state index contributed by atoms with van der Waals surface area (Å²) < 4.78 is 23.2. The predicted molar refractivity (Wildman–Crippen MR) is 56.4 cm³/mol. The van der Waals surface area contributed by atoms with Crippen LogP contribution in [0.3, 0.4) is 0 Å². The Morgan fingerprint density at radius 2 is 2.13 bits per heavy atom. The van der Waals surface area contributed by atoms with Gasteiger partial charge in [0, 0.05) is 7.11 Å². The maximum Gasteiger partial charge on any atom is 0.495 e. The molecule has 0 unspecified atom stereocenters. The second-order valence-corrected chi connectivity index (χ2v) is 3.55. The van der Waals surface area contributed by atoms with Gasteiger partial charge in [0.2, 0.25) is 0 Å². The lowest BCUT2D eigenvalue weighted by atomic mass is 9.79. The maximum atomic E-state index is 13.5. The van der Waals surface area contributed by atoms with Crippen LogP contribution < -0.4 is 10.2 Å².